The molecule has 0 radical (unpaired) electrons. The van der Waals surface area contributed by atoms with Crippen LogP contribution >= 0.6 is 0 Å². The van der Waals surface area contributed by atoms with Gasteiger partial charge < -0.3 is 15.6 Å². The molecule has 1 saturated heterocycles. The molecule has 3 heterocycles. The van der Waals surface area contributed by atoms with E-state index in [9.17, 15) is 9.18 Å². The Balaban J connectivity index is 0.000000318. The number of benzene rings is 1. The molecular formula is C38H56FN5O2. The number of piperidine rings is 1. The van der Waals surface area contributed by atoms with Gasteiger partial charge in [0.2, 0.25) is 6.41 Å². The predicted molar refractivity (Wildman–Crippen MR) is 188 cm³/mol. The molecule has 3 fully saturated rings. The highest BCUT2D eigenvalue weighted by Crippen LogP contribution is 2.53. The number of halogens is 1. The number of aromatic amines is 1. The first kappa shape index (κ1) is 38.6. The van der Waals surface area contributed by atoms with Crippen molar-refractivity contribution in [1.82, 2.24) is 19.9 Å². The van der Waals surface area contributed by atoms with Gasteiger partial charge in [-0.1, -0.05) is 39.7 Å². The first-order chi connectivity index (χ1) is 22.3. The van der Waals surface area contributed by atoms with Crippen molar-refractivity contribution in [3.8, 4) is 24.1 Å². The number of hydrogen-bond donors (Lipinski definition) is 2. The third-order valence-electron chi connectivity index (χ3n) is 8.94. The van der Waals surface area contributed by atoms with E-state index in [1.54, 1.807) is 19.0 Å². The average molecular weight is 634 g/mol. The summed E-state index contributed by atoms with van der Waals surface area (Å²) in [5.41, 5.74) is 7.79. The van der Waals surface area contributed by atoms with Crippen LogP contribution in [0.15, 0.2) is 30.5 Å². The lowest BCUT2D eigenvalue weighted by atomic mass is 9.93. The van der Waals surface area contributed by atoms with Crippen LogP contribution in [0.25, 0.3) is 22.2 Å². The quantitative estimate of drug-likeness (QED) is 0.126. The van der Waals surface area contributed by atoms with E-state index < -0.39 is 0 Å². The monoisotopic (exact) mass is 633 g/mol. The highest BCUT2D eigenvalue weighted by atomic mass is 19.1. The van der Waals surface area contributed by atoms with E-state index >= 15 is 0 Å². The normalized spacial score (nSPS) is 15.9. The highest BCUT2D eigenvalue weighted by Gasteiger charge is 2.44. The van der Waals surface area contributed by atoms with Crippen LogP contribution in [0.2, 0.25) is 0 Å². The van der Waals surface area contributed by atoms with Crippen molar-refractivity contribution >= 4 is 23.1 Å². The number of terminal acetylenes is 1. The minimum Gasteiger partial charge on any atom is -0.372 e. The second-order valence-corrected chi connectivity index (χ2v) is 12.4. The number of nitrogens with two attached hydrogens (primary N) is 1. The molecule has 1 aliphatic heterocycles. The van der Waals surface area contributed by atoms with Gasteiger partial charge in [-0.2, -0.15) is 0 Å². The number of aryl methyl sites for hydroxylation is 2. The summed E-state index contributed by atoms with van der Waals surface area (Å²) in [6.45, 7) is 12.1. The molecule has 7 nitrogen and oxygen atoms in total. The maximum Gasteiger partial charge on any atom is 0.204 e. The van der Waals surface area contributed by atoms with Gasteiger partial charge in [0.15, 0.2) is 0 Å². The molecule has 3 aliphatic rings. The van der Waals surface area contributed by atoms with Crippen molar-refractivity contribution in [3.63, 3.8) is 0 Å². The SMILES string of the molecule is C#C.C1CC1CN1CCC2(CC1)CC2.CC.CCC(=O)CCCCCCc1ncc(-c2cc3ccc(C)nc3cc2F)[nH]1.NC=O. The molecule has 6 rings (SSSR count). The van der Waals surface area contributed by atoms with Crippen molar-refractivity contribution in [3.05, 3.63) is 47.8 Å². The number of Topliss-reactive ketones (excluding diaryl/α,β-unsaturated/α-hetero) is 1. The van der Waals surface area contributed by atoms with Gasteiger partial charge in [0.25, 0.3) is 0 Å². The Morgan fingerprint density at radius 1 is 1.09 bits per heavy atom. The van der Waals surface area contributed by atoms with E-state index in [2.05, 4.69) is 38.4 Å². The van der Waals surface area contributed by atoms with Crippen molar-refractivity contribution < 1.29 is 14.0 Å². The van der Waals surface area contributed by atoms with Crippen LogP contribution in [0.5, 0.6) is 0 Å². The summed E-state index contributed by atoms with van der Waals surface area (Å²) in [6.07, 6.45) is 25.4. The number of ketones is 1. The number of pyridine rings is 1. The number of nitrogens with zero attached hydrogens (tertiary/aromatic N) is 3. The summed E-state index contributed by atoms with van der Waals surface area (Å²) < 4.78 is 14.5. The van der Waals surface area contributed by atoms with Gasteiger partial charge in [0.1, 0.15) is 17.4 Å². The highest BCUT2D eigenvalue weighted by molar-refractivity contribution is 5.84. The van der Waals surface area contributed by atoms with Gasteiger partial charge in [-0.25, -0.2) is 9.37 Å². The second-order valence-electron chi connectivity index (χ2n) is 12.4. The van der Waals surface area contributed by atoms with Crippen LogP contribution in [-0.2, 0) is 16.0 Å². The maximum atomic E-state index is 14.5. The molecule has 0 unspecified atom stereocenters. The number of likely N-dealkylation sites (tertiary alicyclic amines) is 1. The van der Waals surface area contributed by atoms with Gasteiger partial charge >= 0.3 is 0 Å². The van der Waals surface area contributed by atoms with Gasteiger partial charge in [0.05, 0.1) is 17.4 Å². The van der Waals surface area contributed by atoms with E-state index in [-0.39, 0.29) is 12.2 Å². The molecule has 0 atom stereocenters. The molecule has 46 heavy (non-hydrogen) atoms. The topological polar surface area (TPSA) is 105 Å². The second kappa shape index (κ2) is 20.5. The van der Waals surface area contributed by atoms with E-state index in [1.807, 2.05) is 45.9 Å². The van der Waals surface area contributed by atoms with Crippen molar-refractivity contribution in [2.24, 2.45) is 17.1 Å². The summed E-state index contributed by atoms with van der Waals surface area (Å²) in [5, 5.41) is 0.912. The number of rotatable bonds is 11. The predicted octanol–water partition coefficient (Wildman–Crippen LogP) is 8.19. The minimum atomic E-state index is -0.295. The number of nitrogens with one attached hydrogen (secondary N) is 1. The van der Waals surface area contributed by atoms with Gasteiger partial charge in [-0.3, -0.25) is 14.6 Å². The molecule has 1 aromatic carbocycles. The van der Waals surface area contributed by atoms with Crippen molar-refractivity contribution in [2.75, 3.05) is 19.6 Å². The lowest BCUT2D eigenvalue weighted by Crippen LogP contribution is -2.35. The van der Waals surface area contributed by atoms with E-state index in [0.29, 0.717) is 35.4 Å². The first-order valence-electron chi connectivity index (χ1n) is 17.2. The van der Waals surface area contributed by atoms with Gasteiger partial charge in [0, 0.05) is 48.5 Å². The Labute approximate surface area is 276 Å². The fraction of sp³-hybridized carbons (Fsp3) is 0.579. The van der Waals surface area contributed by atoms with Crippen LogP contribution < -0.4 is 5.73 Å². The third kappa shape index (κ3) is 13.0. The molecule has 1 spiro atoms. The third-order valence-corrected chi connectivity index (χ3v) is 8.94. The number of hydrogen-bond acceptors (Lipinski definition) is 5. The lowest BCUT2D eigenvalue weighted by molar-refractivity contribution is -0.118. The molecule has 2 aliphatic carbocycles. The molecule has 1 amide bonds. The zero-order valence-corrected chi connectivity index (χ0v) is 28.6. The molecule has 252 valence electrons. The first-order valence-corrected chi connectivity index (χ1v) is 17.2. The number of H-pyrrole nitrogens is 1. The fourth-order valence-corrected chi connectivity index (χ4v) is 5.78. The summed E-state index contributed by atoms with van der Waals surface area (Å²) >= 11 is 0. The van der Waals surface area contributed by atoms with Crippen LogP contribution in [0.4, 0.5) is 4.39 Å². The number of primary amides is 1. The number of amides is 1. The largest absolute Gasteiger partial charge is 0.372 e. The van der Waals surface area contributed by atoms with Gasteiger partial charge in [-0.05, 0) is 94.8 Å². The molecule has 2 saturated carbocycles. The minimum absolute atomic E-state index is 0.250. The van der Waals surface area contributed by atoms with Crippen LogP contribution in [0, 0.1) is 36.9 Å². The fourth-order valence-electron chi connectivity index (χ4n) is 5.78. The van der Waals surface area contributed by atoms with Crippen molar-refractivity contribution in [1.29, 1.82) is 0 Å². The molecule has 3 N–H and O–H groups in total. The van der Waals surface area contributed by atoms with Gasteiger partial charge in [-0.15, -0.1) is 12.8 Å². The Morgan fingerprint density at radius 3 is 2.35 bits per heavy atom. The number of aromatic nitrogens is 3. The molecule has 8 heteroatoms. The van der Waals surface area contributed by atoms with Crippen molar-refractivity contribution in [2.45, 2.75) is 111 Å². The van der Waals surface area contributed by atoms with Crippen LogP contribution in [-0.4, -0.2) is 51.7 Å². The molecule has 3 aromatic rings. The summed E-state index contributed by atoms with van der Waals surface area (Å²) in [4.78, 5) is 34.6. The summed E-state index contributed by atoms with van der Waals surface area (Å²) in [6, 6.07) is 7.19. The zero-order valence-electron chi connectivity index (χ0n) is 28.6. The molecule has 2 aromatic heterocycles. The maximum absolute atomic E-state index is 14.5. The lowest BCUT2D eigenvalue weighted by Gasteiger charge is -2.31. The zero-order chi connectivity index (χ0) is 34.0. The van der Waals surface area contributed by atoms with Crippen LogP contribution in [0.1, 0.15) is 109 Å². The smallest absolute Gasteiger partial charge is 0.204 e. The standard InChI is InChI=1S/C22H26FN3O.C11H19N.C2H6.C2H2.CH3NO/c1-3-17(27)8-6-4-5-7-9-22-24-14-21(26-22)18-12-16-11-10-15(2)25-20(16)13-19(18)23;1-2-10(1)9-12-7-5-11(3-4-11)6-8-12;2*1-2;2-1-3/h10-14H,3-9H2,1-2H3,(H,24,26);10H,1-9H2;1-2H3;1-2H;1H,(H2,2,3). The summed E-state index contributed by atoms with van der Waals surface area (Å²) in [7, 11) is 0. The number of imidazole rings is 1. The summed E-state index contributed by atoms with van der Waals surface area (Å²) in [5.74, 6) is 2.01. The van der Waals surface area contributed by atoms with Crippen LogP contribution in [0.3, 0.4) is 0 Å². The van der Waals surface area contributed by atoms with E-state index in [1.165, 1.54) is 51.4 Å². The Bertz CT molecular complexity index is 1350. The van der Waals surface area contributed by atoms with E-state index in [0.717, 1.165) is 60.3 Å². The Kier molecular flexibility index (Phi) is 17.2. The van der Waals surface area contributed by atoms with E-state index in [4.69, 9.17) is 4.79 Å². The number of carbonyl (C=O) groups is 2. The Morgan fingerprint density at radius 2 is 1.74 bits per heavy atom. The number of unbranched alkanes of at least 4 members (excludes halogenated alkanes) is 3. The Hall–Kier alpha value is -3.57. The number of carbonyl (C=O) groups excluding carboxylic acids is 2. The molecular weight excluding hydrogens is 577 g/mol. The number of fused-ring (bicyclic) bond motifs is 1. The molecule has 0 bridgehead atoms. The average Bonchev–Trinajstić information content (AvgIpc) is 4.00.